The molecule has 0 unspecified atom stereocenters. The predicted molar refractivity (Wildman–Crippen MR) is 82.0 cm³/mol. The van der Waals surface area contributed by atoms with Gasteiger partial charge in [-0.05, 0) is 36.8 Å². The highest BCUT2D eigenvalue weighted by Gasteiger charge is 2.19. The minimum Gasteiger partial charge on any atom is -0.367 e. The number of anilines is 1. The van der Waals surface area contributed by atoms with Crippen molar-refractivity contribution in [1.82, 2.24) is 10.1 Å². The van der Waals surface area contributed by atoms with E-state index >= 15 is 0 Å². The Kier molecular flexibility index (Phi) is 3.28. The largest absolute Gasteiger partial charge is 0.367 e. The summed E-state index contributed by atoms with van der Waals surface area (Å²) in [6, 6.07) is 11.6. The van der Waals surface area contributed by atoms with E-state index in [9.17, 15) is 0 Å². The highest BCUT2D eigenvalue weighted by atomic mass is 79.9. The van der Waals surface area contributed by atoms with Gasteiger partial charge in [0.05, 0.1) is 11.3 Å². The number of nitrogens with zero attached hydrogens (tertiary/aromatic N) is 2. The van der Waals surface area contributed by atoms with Gasteiger partial charge in [0, 0.05) is 16.2 Å². The number of aromatic nitrogens is 2. The summed E-state index contributed by atoms with van der Waals surface area (Å²) in [5, 5.41) is 4.10. The van der Waals surface area contributed by atoms with E-state index in [1.807, 2.05) is 43.3 Å². The van der Waals surface area contributed by atoms with Crippen LogP contribution in [0, 0.1) is 6.92 Å². The van der Waals surface area contributed by atoms with Crippen LogP contribution >= 0.6 is 15.9 Å². The second kappa shape index (κ2) is 5.09. The van der Waals surface area contributed by atoms with Crippen molar-refractivity contribution in [2.45, 2.75) is 6.92 Å². The number of halogens is 1. The molecule has 4 nitrogen and oxygen atoms in total. The number of nitrogen functional groups attached to an aromatic ring is 1. The van der Waals surface area contributed by atoms with E-state index in [1.54, 1.807) is 6.20 Å². The van der Waals surface area contributed by atoms with Gasteiger partial charge in [0.25, 0.3) is 0 Å². The Morgan fingerprint density at radius 2 is 2.05 bits per heavy atom. The van der Waals surface area contributed by atoms with Gasteiger partial charge in [-0.25, -0.2) is 0 Å². The Morgan fingerprint density at radius 3 is 2.75 bits per heavy atom. The third-order valence-corrected chi connectivity index (χ3v) is 3.58. The smallest absolute Gasteiger partial charge is 0.232 e. The summed E-state index contributed by atoms with van der Waals surface area (Å²) in [5.41, 5.74) is 10.2. The Bertz CT molecular complexity index is 753. The monoisotopic (exact) mass is 329 g/mol. The van der Waals surface area contributed by atoms with E-state index in [1.165, 1.54) is 0 Å². The van der Waals surface area contributed by atoms with Gasteiger partial charge in [0.15, 0.2) is 0 Å². The van der Waals surface area contributed by atoms with Crippen LogP contribution in [0.2, 0.25) is 0 Å². The molecule has 20 heavy (non-hydrogen) atoms. The van der Waals surface area contributed by atoms with E-state index in [2.05, 4.69) is 26.1 Å². The number of rotatable bonds is 2. The fourth-order valence-electron chi connectivity index (χ4n) is 2.14. The van der Waals surface area contributed by atoms with Crippen molar-refractivity contribution >= 4 is 21.8 Å². The number of nitrogens with two attached hydrogens (primary N) is 1. The summed E-state index contributed by atoms with van der Waals surface area (Å²) in [6.07, 6.45) is 1.72. The first-order chi connectivity index (χ1) is 9.66. The van der Waals surface area contributed by atoms with Crippen LogP contribution < -0.4 is 5.73 Å². The average Bonchev–Trinajstić information content (AvgIpc) is 2.81. The summed E-state index contributed by atoms with van der Waals surface area (Å²) < 4.78 is 6.19. The fourth-order valence-corrected chi connectivity index (χ4v) is 2.61. The lowest BCUT2D eigenvalue weighted by Gasteiger charge is -2.05. The van der Waals surface area contributed by atoms with Crippen molar-refractivity contribution in [3.05, 3.63) is 52.6 Å². The van der Waals surface area contributed by atoms with Crippen LogP contribution in [0.5, 0.6) is 0 Å². The summed E-state index contributed by atoms with van der Waals surface area (Å²) in [4.78, 5) is 4.33. The van der Waals surface area contributed by atoms with Crippen LogP contribution in [0.3, 0.4) is 0 Å². The second-order valence-electron chi connectivity index (χ2n) is 4.44. The lowest BCUT2D eigenvalue weighted by Crippen LogP contribution is -1.91. The van der Waals surface area contributed by atoms with Crippen molar-refractivity contribution in [2.75, 3.05) is 5.73 Å². The topological polar surface area (TPSA) is 64.9 Å². The lowest BCUT2D eigenvalue weighted by molar-refractivity contribution is 0.439. The molecule has 0 fully saturated rings. The maximum Gasteiger partial charge on any atom is 0.232 e. The van der Waals surface area contributed by atoms with Crippen molar-refractivity contribution < 1.29 is 4.52 Å². The molecule has 0 radical (unpaired) electrons. The quantitative estimate of drug-likeness (QED) is 0.770. The molecule has 0 bridgehead atoms. The maximum atomic E-state index is 5.91. The van der Waals surface area contributed by atoms with Crippen LogP contribution in [-0.2, 0) is 0 Å². The van der Waals surface area contributed by atoms with Crippen LogP contribution in [0.15, 0.2) is 51.6 Å². The molecule has 2 heterocycles. The molecule has 0 aliphatic heterocycles. The molecule has 0 aliphatic carbocycles. The van der Waals surface area contributed by atoms with Gasteiger partial charge in [-0.15, -0.1) is 0 Å². The zero-order valence-corrected chi connectivity index (χ0v) is 12.4. The zero-order chi connectivity index (χ0) is 14.1. The Hall–Kier alpha value is -2.14. The fraction of sp³-hybridized carbons (Fsp3) is 0.0667. The number of hydrogen-bond acceptors (Lipinski definition) is 4. The van der Waals surface area contributed by atoms with Crippen molar-refractivity contribution in [3.63, 3.8) is 0 Å². The molecular weight excluding hydrogens is 318 g/mol. The van der Waals surface area contributed by atoms with Crippen LogP contribution in [0.25, 0.3) is 22.5 Å². The molecule has 3 rings (SSSR count). The lowest BCUT2D eigenvalue weighted by atomic mass is 10.0. The highest BCUT2D eigenvalue weighted by Crippen LogP contribution is 2.36. The standard InChI is InChI=1S/C15H12BrN3O/c1-9-8-10(16)5-6-11(9)14-13(15(17)20-19-14)12-4-2-3-7-18-12/h2-8H,17H2,1H3. The third kappa shape index (κ3) is 2.20. The molecule has 0 amide bonds. The molecule has 0 saturated carbocycles. The van der Waals surface area contributed by atoms with Crippen molar-refractivity contribution in [3.8, 4) is 22.5 Å². The Labute approximate surface area is 124 Å². The van der Waals surface area contributed by atoms with Gasteiger partial charge in [-0.1, -0.05) is 33.2 Å². The van der Waals surface area contributed by atoms with Crippen molar-refractivity contribution in [2.24, 2.45) is 0 Å². The minimum absolute atomic E-state index is 0.279. The molecule has 5 heteroatoms. The number of pyridine rings is 1. The van der Waals surface area contributed by atoms with E-state index < -0.39 is 0 Å². The second-order valence-corrected chi connectivity index (χ2v) is 5.36. The summed E-state index contributed by atoms with van der Waals surface area (Å²) >= 11 is 3.46. The molecule has 100 valence electrons. The minimum atomic E-state index is 0.279. The Balaban J connectivity index is 2.21. The number of hydrogen-bond donors (Lipinski definition) is 1. The van der Waals surface area contributed by atoms with E-state index in [0.29, 0.717) is 5.69 Å². The van der Waals surface area contributed by atoms with E-state index in [0.717, 1.165) is 26.9 Å². The van der Waals surface area contributed by atoms with Gasteiger partial charge in [0.1, 0.15) is 5.69 Å². The van der Waals surface area contributed by atoms with E-state index in [-0.39, 0.29) is 5.88 Å². The average molecular weight is 330 g/mol. The van der Waals surface area contributed by atoms with Crippen molar-refractivity contribution in [1.29, 1.82) is 0 Å². The number of aryl methyl sites for hydroxylation is 1. The number of benzene rings is 1. The van der Waals surface area contributed by atoms with Gasteiger partial charge in [-0.2, -0.15) is 0 Å². The summed E-state index contributed by atoms with van der Waals surface area (Å²) in [7, 11) is 0. The van der Waals surface area contributed by atoms with Crippen LogP contribution in [-0.4, -0.2) is 10.1 Å². The molecule has 3 aromatic rings. The molecule has 0 aliphatic rings. The van der Waals surface area contributed by atoms with E-state index in [4.69, 9.17) is 10.3 Å². The first kappa shape index (κ1) is 12.9. The zero-order valence-electron chi connectivity index (χ0n) is 10.8. The third-order valence-electron chi connectivity index (χ3n) is 3.08. The Morgan fingerprint density at radius 1 is 1.20 bits per heavy atom. The maximum absolute atomic E-state index is 5.91. The first-order valence-corrected chi connectivity index (χ1v) is 6.89. The van der Waals surface area contributed by atoms with Crippen LogP contribution in [0.4, 0.5) is 5.88 Å². The van der Waals surface area contributed by atoms with Gasteiger partial charge < -0.3 is 10.3 Å². The highest BCUT2D eigenvalue weighted by molar-refractivity contribution is 9.10. The molecular formula is C15H12BrN3O. The van der Waals surface area contributed by atoms with Gasteiger partial charge >= 0.3 is 0 Å². The normalized spacial score (nSPS) is 10.7. The molecule has 0 spiro atoms. The summed E-state index contributed by atoms with van der Waals surface area (Å²) in [5.74, 6) is 0.279. The summed E-state index contributed by atoms with van der Waals surface area (Å²) in [6.45, 7) is 2.02. The first-order valence-electron chi connectivity index (χ1n) is 6.10. The molecule has 2 aromatic heterocycles. The molecule has 0 atom stereocenters. The molecule has 2 N–H and O–H groups in total. The molecule has 1 aromatic carbocycles. The van der Waals surface area contributed by atoms with Gasteiger partial charge in [0.2, 0.25) is 5.88 Å². The SMILES string of the molecule is Cc1cc(Br)ccc1-c1noc(N)c1-c1ccccn1. The van der Waals surface area contributed by atoms with Crippen LogP contribution in [0.1, 0.15) is 5.56 Å². The van der Waals surface area contributed by atoms with Gasteiger partial charge in [-0.3, -0.25) is 4.98 Å². The molecule has 0 saturated heterocycles. The predicted octanol–water partition coefficient (Wildman–Crippen LogP) is 4.06.